The monoisotopic (exact) mass is 388 g/mol. The molecule has 3 aromatic carbocycles. The Balaban J connectivity index is 1.56. The second-order valence-corrected chi connectivity index (χ2v) is 6.87. The lowest BCUT2D eigenvalue weighted by molar-refractivity contribution is -0.128. The Morgan fingerprint density at radius 3 is 1.97 bits per heavy atom. The van der Waals surface area contributed by atoms with E-state index in [9.17, 15) is 9.59 Å². The van der Waals surface area contributed by atoms with Crippen molar-refractivity contribution in [2.75, 3.05) is 0 Å². The zero-order chi connectivity index (χ0) is 20.8. The Morgan fingerprint density at radius 1 is 0.759 bits per heavy atom. The van der Waals surface area contributed by atoms with E-state index in [0.717, 1.165) is 22.3 Å². The topological polar surface area (TPSA) is 67.4 Å². The highest BCUT2D eigenvalue weighted by molar-refractivity contribution is 5.96. The maximum atomic E-state index is 12.3. The van der Waals surface area contributed by atoms with Crippen molar-refractivity contribution in [3.8, 4) is 16.9 Å². The summed E-state index contributed by atoms with van der Waals surface area (Å²) in [5.41, 5.74) is 9.30. The van der Waals surface area contributed by atoms with Crippen molar-refractivity contribution < 1.29 is 14.3 Å². The summed E-state index contributed by atoms with van der Waals surface area (Å²) in [7, 11) is 0. The first-order chi connectivity index (χ1) is 14.0. The quantitative estimate of drug-likeness (QED) is 0.644. The maximum absolute atomic E-state index is 12.3. The Labute approximate surface area is 170 Å². The van der Waals surface area contributed by atoms with Crippen molar-refractivity contribution in [3.05, 3.63) is 89.5 Å². The standard InChI is InChI=1S/C24H24N2O3/c1-16-8-7-9-17(2)22(16)29-18(3)23(27)25-26-24(28)21-14-12-20(13-15-21)19-10-5-4-6-11-19/h4-15,18H,1-3H3,(H,25,27)(H,26,28). The van der Waals surface area contributed by atoms with Gasteiger partial charge in [-0.15, -0.1) is 0 Å². The van der Waals surface area contributed by atoms with Crippen LogP contribution >= 0.6 is 0 Å². The molecule has 0 spiro atoms. The van der Waals surface area contributed by atoms with Crippen molar-refractivity contribution in [2.24, 2.45) is 0 Å². The molecule has 0 aliphatic heterocycles. The third-order valence-corrected chi connectivity index (χ3v) is 4.63. The molecule has 0 aliphatic carbocycles. The molecule has 5 heteroatoms. The third-order valence-electron chi connectivity index (χ3n) is 4.63. The predicted octanol–water partition coefficient (Wildman–Crippen LogP) is 4.20. The molecule has 0 saturated heterocycles. The lowest BCUT2D eigenvalue weighted by atomic mass is 10.0. The molecule has 2 amide bonds. The molecule has 29 heavy (non-hydrogen) atoms. The Kier molecular flexibility index (Phi) is 6.29. The van der Waals surface area contributed by atoms with Gasteiger partial charge < -0.3 is 4.74 Å². The number of benzene rings is 3. The molecule has 1 unspecified atom stereocenters. The van der Waals surface area contributed by atoms with Crippen LogP contribution in [0.4, 0.5) is 0 Å². The Bertz CT molecular complexity index is 978. The molecule has 1 atom stereocenters. The second kappa shape index (κ2) is 9.06. The first-order valence-corrected chi connectivity index (χ1v) is 9.44. The van der Waals surface area contributed by atoms with Crippen molar-refractivity contribution in [2.45, 2.75) is 26.9 Å². The Hall–Kier alpha value is -3.60. The normalized spacial score (nSPS) is 11.4. The zero-order valence-corrected chi connectivity index (χ0v) is 16.7. The van der Waals surface area contributed by atoms with E-state index < -0.39 is 17.9 Å². The van der Waals surface area contributed by atoms with Crippen LogP contribution in [0.25, 0.3) is 11.1 Å². The van der Waals surface area contributed by atoms with E-state index in [1.807, 2.05) is 74.5 Å². The molecule has 0 aromatic heterocycles. The summed E-state index contributed by atoms with van der Waals surface area (Å²) < 4.78 is 5.78. The fourth-order valence-corrected chi connectivity index (χ4v) is 2.95. The highest BCUT2D eigenvalue weighted by Gasteiger charge is 2.17. The van der Waals surface area contributed by atoms with E-state index in [1.165, 1.54) is 0 Å². The number of aryl methyl sites for hydroxylation is 2. The minimum atomic E-state index is -0.754. The molecule has 148 valence electrons. The number of nitrogens with one attached hydrogen (secondary N) is 2. The number of para-hydroxylation sites is 1. The molecule has 0 heterocycles. The number of hydrazine groups is 1. The van der Waals surface area contributed by atoms with Gasteiger partial charge in [0.15, 0.2) is 6.10 Å². The zero-order valence-electron chi connectivity index (χ0n) is 16.7. The summed E-state index contributed by atoms with van der Waals surface area (Å²) in [4.78, 5) is 24.6. The van der Waals surface area contributed by atoms with Gasteiger partial charge in [-0.2, -0.15) is 0 Å². The summed E-state index contributed by atoms with van der Waals surface area (Å²) in [6.45, 7) is 5.49. The minimum Gasteiger partial charge on any atom is -0.480 e. The molecule has 3 rings (SSSR count). The molecule has 2 N–H and O–H groups in total. The second-order valence-electron chi connectivity index (χ2n) is 6.87. The van der Waals surface area contributed by atoms with Crippen LogP contribution in [-0.4, -0.2) is 17.9 Å². The van der Waals surface area contributed by atoms with Gasteiger partial charge in [0.1, 0.15) is 5.75 Å². The fraction of sp³-hybridized carbons (Fsp3) is 0.167. The van der Waals surface area contributed by atoms with Crippen LogP contribution in [0, 0.1) is 13.8 Å². The first-order valence-electron chi connectivity index (χ1n) is 9.44. The van der Waals surface area contributed by atoms with Gasteiger partial charge in [-0.1, -0.05) is 60.7 Å². The van der Waals surface area contributed by atoms with Gasteiger partial charge in [0.25, 0.3) is 11.8 Å². The maximum Gasteiger partial charge on any atom is 0.279 e. The van der Waals surface area contributed by atoms with Crippen LogP contribution in [0.3, 0.4) is 0 Å². The molecule has 3 aromatic rings. The number of hydrogen-bond donors (Lipinski definition) is 2. The summed E-state index contributed by atoms with van der Waals surface area (Å²) in [5, 5.41) is 0. The number of hydrogen-bond acceptors (Lipinski definition) is 3. The number of ether oxygens (including phenoxy) is 1. The largest absolute Gasteiger partial charge is 0.480 e. The third kappa shape index (κ3) is 5.02. The average molecular weight is 388 g/mol. The number of rotatable bonds is 5. The molecule has 5 nitrogen and oxygen atoms in total. The van der Waals surface area contributed by atoms with Gasteiger partial charge >= 0.3 is 0 Å². The van der Waals surface area contributed by atoms with E-state index in [-0.39, 0.29) is 0 Å². The average Bonchev–Trinajstić information content (AvgIpc) is 2.75. The van der Waals surface area contributed by atoms with Gasteiger partial charge in [0.2, 0.25) is 0 Å². The van der Waals surface area contributed by atoms with Crippen LogP contribution in [0.5, 0.6) is 5.75 Å². The molecular formula is C24H24N2O3. The predicted molar refractivity (Wildman–Crippen MR) is 113 cm³/mol. The highest BCUT2D eigenvalue weighted by Crippen LogP contribution is 2.23. The van der Waals surface area contributed by atoms with E-state index in [2.05, 4.69) is 10.9 Å². The Morgan fingerprint density at radius 2 is 1.34 bits per heavy atom. The SMILES string of the molecule is Cc1cccc(C)c1OC(C)C(=O)NNC(=O)c1ccc(-c2ccccc2)cc1. The summed E-state index contributed by atoms with van der Waals surface area (Å²) in [6, 6.07) is 22.9. The molecular weight excluding hydrogens is 364 g/mol. The number of carbonyl (C=O) groups is 2. The smallest absolute Gasteiger partial charge is 0.279 e. The van der Waals surface area contributed by atoms with Crippen LogP contribution in [0.15, 0.2) is 72.8 Å². The van der Waals surface area contributed by atoms with Gasteiger partial charge in [-0.25, -0.2) is 0 Å². The van der Waals surface area contributed by atoms with Gasteiger partial charge in [0, 0.05) is 5.56 Å². The van der Waals surface area contributed by atoms with Crippen molar-refractivity contribution in [3.63, 3.8) is 0 Å². The van der Waals surface area contributed by atoms with Crippen molar-refractivity contribution in [1.29, 1.82) is 0 Å². The molecule has 0 bridgehead atoms. The minimum absolute atomic E-state index is 0.391. The summed E-state index contributed by atoms with van der Waals surface area (Å²) in [5.74, 6) is -0.142. The van der Waals surface area contributed by atoms with Gasteiger partial charge in [0.05, 0.1) is 0 Å². The molecule has 0 saturated carbocycles. The van der Waals surface area contributed by atoms with Crippen molar-refractivity contribution in [1.82, 2.24) is 10.9 Å². The lowest BCUT2D eigenvalue weighted by Crippen LogP contribution is -2.47. The molecule has 0 radical (unpaired) electrons. The van der Waals surface area contributed by atoms with Crippen LogP contribution in [0.1, 0.15) is 28.4 Å². The highest BCUT2D eigenvalue weighted by atomic mass is 16.5. The number of carbonyl (C=O) groups excluding carboxylic acids is 2. The van der Waals surface area contributed by atoms with Gasteiger partial charge in [-0.05, 0) is 55.2 Å². The molecule has 0 fully saturated rings. The summed E-state index contributed by atoms with van der Waals surface area (Å²) >= 11 is 0. The lowest BCUT2D eigenvalue weighted by Gasteiger charge is -2.18. The van der Waals surface area contributed by atoms with Crippen molar-refractivity contribution >= 4 is 11.8 Å². The first kappa shape index (κ1) is 20.1. The number of amides is 2. The van der Waals surface area contributed by atoms with E-state index in [1.54, 1.807) is 19.1 Å². The summed E-state index contributed by atoms with van der Waals surface area (Å²) in [6.07, 6.45) is -0.754. The fourth-order valence-electron chi connectivity index (χ4n) is 2.95. The molecule has 0 aliphatic rings. The van der Waals surface area contributed by atoms with Crippen LogP contribution in [-0.2, 0) is 4.79 Å². The van der Waals surface area contributed by atoms with E-state index in [0.29, 0.717) is 11.3 Å². The van der Waals surface area contributed by atoms with E-state index >= 15 is 0 Å². The van der Waals surface area contributed by atoms with Crippen LogP contribution < -0.4 is 15.6 Å². The van der Waals surface area contributed by atoms with Gasteiger partial charge in [-0.3, -0.25) is 20.4 Å². The van der Waals surface area contributed by atoms with E-state index in [4.69, 9.17) is 4.74 Å². The van der Waals surface area contributed by atoms with Crippen LogP contribution in [0.2, 0.25) is 0 Å².